The van der Waals surface area contributed by atoms with Gasteiger partial charge in [0.2, 0.25) is 11.8 Å². The molecule has 0 saturated carbocycles. The number of hydrazine groups is 1. The fourth-order valence-corrected chi connectivity index (χ4v) is 2.64. The second-order valence-electron chi connectivity index (χ2n) is 6.77. The molecular formula is C22H26N4O6. The van der Waals surface area contributed by atoms with E-state index in [4.69, 9.17) is 9.47 Å². The molecule has 10 heteroatoms. The Labute approximate surface area is 185 Å². The van der Waals surface area contributed by atoms with Crippen LogP contribution in [-0.2, 0) is 14.4 Å². The van der Waals surface area contributed by atoms with Crippen LogP contribution in [0.5, 0.6) is 11.5 Å². The van der Waals surface area contributed by atoms with Gasteiger partial charge in [0.05, 0.1) is 6.61 Å². The summed E-state index contributed by atoms with van der Waals surface area (Å²) in [5.74, 6) is -0.762. The van der Waals surface area contributed by atoms with Crippen LogP contribution in [0.3, 0.4) is 0 Å². The fraction of sp³-hybridized carbons (Fsp3) is 0.273. The maximum Gasteiger partial charge on any atom is 0.279 e. The number of ether oxygens (including phenoxy) is 2. The first kappa shape index (κ1) is 24.2. The molecule has 0 aromatic heterocycles. The summed E-state index contributed by atoms with van der Waals surface area (Å²) in [6.45, 7) is 6.58. The molecule has 4 N–H and O–H groups in total. The van der Waals surface area contributed by atoms with Crippen molar-refractivity contribution in [2.75, 3.05) is 17.2 Å². The molecule has 0 heterocycles. The number of nitrogens with one attached hydrogen (secondary N) is 4. The number of amides is 4. The van der Waals surface area contributed by atoms with E-state index in [1.807, 2.05) is 6.92 Å². The van der Waals surface area contributed by atoms with Crippen LogP contribution in [0.4, 0.5) is 11.4 Å². The Morgan fingerprint density at radius 1 is 0.844 bits per heavy atom. The molecule has 2 rings (SSSR count). The predicted molar refractivity (Wildman–Crippen MR) is 118 cm³/mol. The molecule has 0 spiro atoms. The lowest BCUT2D eigenvalue weighted by Gasteiger charge is -2.16. The van der Waals surface area contributed by atoms with Gasteiger partial charge in [-0.3, -0.25) is 30.0 Å². The summed E-state index contributed by atoms with van der Waals surface area (Å²) in [6, 6.07) is 11.1. The van der Waals surface area contributed by atoms with Gasteiger partial charge in [-0.15, -0.1) is 0 Å². The summed E-state index contributed by atoms with van der Waals surface area (Å²) < 4.78 is 10.9. The number of anilines is 2. The highest BCUT2D eigenvalue weighted by Crippen LogP contribution is 2.20. The van der Waals surface area contributed by atoms with Crippen molar-refractivity contribution in [1.82, 2.24) is 10.9 Å². The SMILES string of the molecule is CCOc1ccc(O[C@H](C)C(=O)NNC(=O)c2cc(NC(C)=O)cc(NC(C)=O)c2)cc1. The van der Waals surface area contributed by atoms with Crippen LogP contribution in [0.1, 0.15) is 38.1 Å². The van der Waals surface area contributed by atoms with Gasteiger partial charge in [-0.1, -0.05) is 0 Å². The van der Waals surface area contributed by atoms with E-state index in [0.717, 1.165) is 0 Å². The Hall–Kier alpha value is -4.08. The molecule has 0 radical (unpaired) electrons. The van der Waals surface area contributed by atoms with Gasteiger partial charge in [0, 0.05) is 30.8 Å². The van der Waals surface area contributed by atoms with Crippen molar-refractivity contribution in [2.45, 2.75) is 33.8 Å². The summed E-state index contributed by atoms with van der Waals surface area (Å²) in [5.41, 5.74) is 5.32. The third kappa shape index (κ3) is 7.63. The van der Waals surface area contributed by atoms with Gasteiger partial charge in [-0.2, -0.15) is 0 Å². The van der Waals surface area contributed by atoms with E-state index in [0.29, 0.717) is 29.5 Å². The summed E-state index contributed by atoms with van der Waals surface area (Å²) in [6.07, 6.45) is -0.895. The van der Waals surface area contributed by atoms with Crippen LogP contribution >= 0.6 is 0 Å². The normalized spacial score (nSPS) is 11.0. The molecule has 10 nitrogen and oxygen atoms in total. The van der Waals surface area contributed by atoms with Crippen molar-refractivity contribution in [3.8, 4) is 11.5 Å². The minimum absolute atomic E-state index is 0.111. The summed E-state index contributed by atoms with van der Waals surface area (Å²) in [5, 5.41) is 5.10. The van der Waals surface area contributed by atoms with E-state index in [9.17, 15) is 19.2 Å². The Morgan fingerprint density at radius 2 is 1.38 bits per heavy atom. The standard InChI is InChI=1S/C22H26N4O6/c1-5-31-19-6-8-20(9-7-19)32-13(2)21(29)25-26-22(30)16-10-17(23-14(3)27)12-18(11-16)24-15(4)28/h6-13H,5H2,1-4H3,(H,23,27)(H,24,28)(H,25,29)(H,26,30)/t13-/m1/s1. The molecule has 0 unspecified atom stereocenters. The van der Waals surface area contributed by atoms with Crippen LogP contribution in [0, 0.1) is 0 Å². The van der Waals surface area contributed by atoms with Crippen molar-refractivity contribution >= 4 is 35.0 Å². The minimum atomic E-state index is -0.895. The Kier molecular flexibility index (Phi) is 8.58. The summed E-state index contributed by atoms with van der Waals surface area (Å²) in [4.78, 5) is 47.5. The molecule has 0 aliphatic rings. The van der Waals surface area contributed by atoms with Crippen LogP contribution in [0.15, 0.2) is 42.5 Å². The molecule has 2 aromatic carbocycles. The molecule has 0 fully saturated rings. The number of hydrogen-bond donors (Lipinski definition) is 4. The van der Waals surface area contributed by atoms with Crippen molar-refractivity contribution in [1.29, 1.82) is 0 Å². The molecule has 1 atom stereocenters. The average Bonchev–Trinajstić information content (AvgIpc) is 2.72. The van der Waals surface area contributed by atoms with Crippen molar-refractivity contribution < 1.29 is 28.7 Å². The predicted octanol–water partition coefficient (Wildman–Crippen LogP) is 2.23. The lowest BCUT2D eigenvalue weighted by Crippen LogP contribution is -2.47. The maximum absolute atomic E-state index is 12.5. The van der Waals surface area contributed by atoms with Crippen molar-refractivity contribution in [3.63, 3.8) is 0 Å². The van der Waals surface area contributed by atoms with Gasteiger partial charge in [-0.05, 0) is 56.3 Å². The van der Waals surface area contributed by atoms with Gasteiger partial charge >= 0.3 is 0 Å². The lowest BCUT2D eigenvalue weighted by atomic mass is 10.1. The minimum Gasteiger partial charge on any atom is -0.494 e. The van der Waals surface area contributed by atoms with Gasteiger partial charge in [-0.25, -0.2) is 0 Å². The molecule has 0 bridgehead atoms. The van der Waals surface area contributed by atoms with Crippen LogP contribution in [0.25, 0.3) is 0 Å². The van der Waals surface area contributed by atoms with Gasteiger partial charge in [0.15, 0.2) is 6.10 Å². The fourth-order valence-electron chi connectivity index (χ4n) is 2.64. The highest BCUT2D eigenvalue weighted by atomic mass is 16.5. The smallest absolute Gasteiger partial charge is 0.279 e. The number of hydrogen-bond acceptors (Lipinski definition) is 6. The highest BCUT2D eigenvalue weighted by Gasteiger charge is 2.17. The number of benzene rings is 2. The maximum atomic E-state index is 12.5. The molecule has 0 aliphatic heterocycles. The lowest BCUT2D eigenvalue weighted by molar-refractivity contribution is -0.128. The largest absolute Gasteiger partial charge is 0.494 e. The molecule has 4 amide bonds. The van der Waals surface area contributed by atoms with Crippen molar-refractivity contribution in [3.05, 3.63) is 48.0 Å². The van der Waals surface area contributed by atoms with E-state index in [1.165, 1.54) is 39.0 Å². The van der Waals surface area contributed by atoms with Gasteiger partial charge in [0.1, 0.15) is 11.5 Å². The Morgan fingerprint density at radius 3 is 1.88 bits per heavy atom. The zero-order valence-corrected chi connectivity index (χ0v) is 18.3. The molecule has 32 heavy (non-hydrogen) atoms. The molecule has 170 valence electrons. The van der Waals surface area contributed by atoms with Crippen LogP contribution in [0.2, 0.25) is 0 Å². The zero-order chi connectivity index (χ0) is 23.7. The third-order valence-electron chi connectivity index (χ3n) is 3.95. The quantitative estimate of drug-likeness (QED) is 0.463. The van der Waals surface area contributed by atoms with Gasteiger partial charge in [0.25, 0.3) is 11.8 Å². The Balaban J connectivity index is 1.99. The van der Waals surface area contributed by atoms with E-state index >= 15 is 0 Å². The van der Waals surface area contributed by atoms with E-state index in [-0.39, 0.29) is 17.4 Å². The van der Waals surface area contributed by atoms with Gasteiger partial charge < -0.3 is 20.1 Å². The Bertz CT molecular complexity index is 956. The first-order valence-electron chi connectivity index (χ1n) is 9.88. The van der Waals surface area contributed by atoms with E-state index < -0.39 is 17.9 Å². The third-order valence-corrected chi connectivity index (χ3v) is 3.95. The second kappa shape index (κ2) is 11.3. The molecular weight excluding hydrogens is 416 g/mol. The molecule has 0 saturated heterocycles. The monoisotopic (exact) mass is 442 g/mol. The average molecular weight is 442 g/mol. The van der Waals surface area contributed by atoms with Crippen molar-refractivity contribution in [2.24, 2.45) is 0 Å². The molecule has 2 aromatic rings. The highest BCUT2D eigenvalue weighted by molar-refractivity contribution is 6.00. The van der Waals surface area contributed by atoms with E-state index in [1.54, 1.807) is 24.3 Å². The number of carbonyl (C=O) groups excluding carboxylic acids is 4. The summed E-state index contributed by atoms with van der Waals surface area (Å²) in [7, 11) is 0. The second-order valence-corrected chi connectivity index (χ2v) is 6.77. The topological polar surface area (TPSA) is 135 Å². The van der Waals surface area contributed by atoms with Crippen LogP contribution < -0.4 is 31.0 Å². The first-order chi connectivity index (χ1) is 15.2. The summed E-state index contributed by atoms with van der Waals surface area (Å²) >= 11 is 0. The number of rotatable bonds is 8. The van der Waals surface area contributed by atoms with E-state index in [2.05, 4.69) is 21.5 Å². The molecule has 0 aliphatic carbocycles. The first-order valence-corrected chi connectivity index (χ1v) is 9.88. The van der Waals surface area contributed by atoms with Crippen LogP contribution in [-0.4, -0.2) is 36.3 Å². The zero-order valence-electron chi connectivity index (χ0n) is 18.3. The number of carbonyl (C=O) groups is 4.